The number of rotatable bonds is 4. The number of hydrogen-bond acceptors (Lipinski definition) is 2. The van der Waals surface area contributed by atoms with E-state index in [9.17, 15) is 9.59 Å². The van der Waals surface area contributed by atoms with Gasteiger partial charge in [0, 0.05) is 18.2 Å². The zero-order valence-electron chi connectivity index (χ0n) is 18.0. The van der Waals surface area contributed by atoms with Gasteiger partial charge in [0.1, 0.15) is 5.70 Å². The van der Waals surface area contributed by atoms with Gasteiger partial charge in [-0.05, 0) is 53.9 Å². The standard InChI is InChI=1S/C26H30N2O2/c1-25(2)15-21-16-26(3,17-25)18-28(21)24(30)22(14-19-10-6-4-7-11-19)27-23(29)20-12-8-5-9-13-20/h4-14,21H,15-18H2,1-3H3,(H,27,29). The molecule has 4 nitrogen and oxygen atoms in total. The monoisotopic (exact) mass is 402 g/mol. The summed E-state index contributed by atoms with van der Waals surface area (Å²) in [6.45, 7) is 7.62. The molecule has 1 aliphatic carbocycles. The second-order valence-electron chi connectivity index (χ2n) is 9.94. The van der Waals surface area contributed by atoms with Crippen molar-refractivity contribution in [3.05, 3.63) is 77.5 Å². The number of amides is 2. The second kappa shape index (κ2) is 7.75. The van der Waals surface area contributed by atoms with Crippen molar-refractivity contribution in [3.63, 3.8) is 0 Å². The maximum absolute atomic E-state index is 13.7. The molecule has 0 radical (unpaired) electrons. The fourth-order valence-electron chi connectivity index (χ4n) is 5.50. The Morgan fingerprint density at radius 1 is 0.967 bits per heavy atom. The van der Waals surface area contributed by atoms with Crippen molar-refractivity contribution < 1.29 is 9.59 Å². The highest BCUT2D eigenvalue weighted by Crippen LogP contribution is 2.52. The maximum atomic E-state index is 13.7. The van der Waals surface area contributed by atoms with Crippen molar-refractivity contribution in [2.75, 3.05) is 6.54 Å². The van der Waals surface area contributed by atoms with Crippen LogP contribution in [0.5, 0.6) is 0 Å². The summed E-state index contributed by atoms with van der Waals surface area (Å²) in [6, 6.07) is 18.9. The predicted octanol–water partition coefficient (Wildman–Crippen LogP) is 4.88. The molecule has 1 N–H and O–H groups in total. The Labute approximate surface area is 179 Å². The third-order valence-electron chi connectivity index (χ3n) is 6.30. The molecule has 2 atom stereocenters. The normalized spacial score (nSPS) is 25.1. The number of nitrogens with zero attached hydrogens (tertiary/aromatic N) is 1. The molecular weight excluding hydrogens is 372 g/mol. The number of carbonyl (C=O) groups excluding carboxylic acids is 2. The highest BCUT2D eigenvalue weighted by atomic mass is 16.2. The first kappa shape index (κ1) is 20.4. The minimum Gasteiger partial charge on any atom is -0.334 e. The smallest absolute Gasteiger partial charge is 0.270 e. The van der Waals surface area contributed by atoms with Crippen LogP contribution in [-0.4, -0.2) is 29.3 Å². The lowest BCUT2D eigenvalue weighted by Crippen LogP contribution is -2.42. The van der Waals surface area contributed by atoms with Crippen LogP contribution in [0.4, 0.5) is 0 Å². The third-order valence-corrected chi connectivity index (χ3v) is 6.30. The summed E-state index contributed by atoms with van der Waals surface area (Å²) in [6.07, 6.45) is 4.94. The van der Waals surface area contributed by atoms with Crippen LogP contribution >= 0.6 is 0 Å². The summed E-state index contributed by atoms with van der Waals surface area (Å²) >= 11 is 0. The van der Waals surface area contributed by atoms with E-state index in [-0.39, 0.29) is 28.7 Å². The van der Waals surface area contributed by atoms with Gasteiger partial charge >= 0.3 is 0 Å². The minimum atomic E-state index is -0.264. The summed E-state index contributed by atoms with van der Waals surface area (Å²) < 4.78 is 0. The SMILES string of the molecule is CC1(C)CC2CC(C)(CN2C(=O)C(=Cc2ccccc2)NC(=O)c2ccccc2)C1. The highest BCUT2D eigenvalue weighted by molar-refractivity contribution is 6.05. The van der Waals surface area contributed by atoms with Gasteiger partial charge in [-0.15, -0.1) is 0 Å². The average Bonchev–Trinajstić information content (AvgIpc) is 2.97. The van der Waals surface area contributed by atoms with E-state index in [2.05, 4.69) is 26.1 Å². The van der Waals surface area contributed by atoms with E-state index in [0.29, 0.717) is 11.3 Å². The molecule has 2 amide bonds. The van der Waals surface area contributed by atoms with Crippen molar-refractivity contribution in [1.82, 2.24) is 10.2 Å². The number of fused-ring (bicyclic) bond motifs is 2. The maximum Gasteiger partial charge on any atom is 0.270 e. The van der Waals surface area contributed by atoms with Gasteiger partial charge in [0.25, 0.3) is 11.8 Å². The summed E-state index contributed by atoms with van der Waals surface area (Å²) in [4.78, 5) is 28.5. The van der Waals surface area contributed by atoms with Crippen molar-refractivity contribution in [2.24, 2.45) is 10.8 Å². The molecule has 2 fully saturated rings. The van der Waals surface area contributed by atoms with E-state index in [1.165, 1.54) is 0 Å². The van der Waals surface area contributed by atoms with E-state index in [1.807, 2.05) is 53.4 Å². The summed E-state index contributed by atoms with van der Waals surface area (Å²) in [5.41, 5.74) is 2.14. The molecule has 1 heterocycles. The third kappa shape index (κ3) is 4.33. The van der Waals surface area contributed by atoms with Gasteiger partial charge in [0.15, 0.2) is 0 Å². The number of carbonyl (C=O) groups is 2. The molecule has 2 unspecified atom stereocenters. The molecule has 1 aliphatic heterocycles. The van der Waals surface area contributed by atoms with Gasteiger partial charge in [-0.2, -0.15) is 0 Å². The van der Waals surface area contributed by atoms with Crippen molar-refractivity contribution in [1.29, 1.82) is 0 Å². The summed E-state index contributed by atoms with van der Waals surface area (Å²) in [5, 5.41) is 2.90. The van der Waals surface area contributed by atoms with Gasteiger partial charge in [0.05, 0.1) is 0 Å². The summed E-state index contributed by atoms with van der Waals surface area (Å²) in [5.74, 6) is -0.352. The highest BCUT2D eigenvalue weighted by Gasteiger charge is 2.51. The first-order valence-corrected chi connectivity index (χ1v) is 10.7. The number of benzene rings is 2. The molecule has 2 bridgehead atoms. The van der Waals surface area contributed by atoms with Crippen LogP contribution in [0.3, 0.4) is 0 Å². The van der Waals surface area contributed by atoms with E-state index < -0.39 is 0 Å². The van der Waals surface area contributed by atoms with Gasteiger partial charge < -0.3 is 10.2 Å². The van der Waals surface area contributed by atoms with Crippen molar-refractivity contribution >= 4 is 17.9 Å². The van der Waals surface area contributed by atoms with Crippen LogP contribution in [0.25, 0.3) is 6.08 Å². The molecule has 2 aliphatic rings. The Kier molecular flexibility index (Phi) is 5.27. The predicted molar refractivity (Wildman–Crippen MR) is 120 cm³/mol. The molecule has 4 heteroatoms. The first-order chi connectivity index (χ1) is 14.2. The average molecular weight is 403 g/mol. The van der Waals surface area contributed by atoms with Crippen LogP contribution in [-0.2, 0) is 4.79 Å². The molecular formula is C26H30N2O2. The lowest BCUT2D eigenvalue weighted by atomic mass is 9.65. The van der Waals surface area contributed by atoms with Crippen molar-refractivity contribution in [2.45, 2.75) is 46.1 Å². The number of nitrogens with one attached hydrogen (secondary N) is 1. The Morgan fingerprint density at radius 3 is 2.27 bits per heavy atom. The Balaban J connectivity index is 1.63. The fourth-order valence-corrected chi connectivity index (χ4v) is 5.50. The molecule has 1 saturated heterocycles. The molecule has 2 aromatic rings. The first-order valence-electron chi connectivity index (χ1n) is 10.7. The van der Waals surface area contributed by atoms with Gasteiger partial charge in [-0.1, -0.05) is 69.3 Å². The molecule has 30 heavy (non-hydrogen) atoms. The van der Waals surface area contributed by atoms with Crippen LogP contribution in [0.15, 0.2) is 66.4 Å². The summed E-state index contributed by atoms with van der Waals surface area (Å²) in [7, 11) is 0. The van der Waals surface area contributed by atoms with Crippen molar-refractivity contribution in [3.8, 4) is 0 Å². The Bertz CT molecular complexity index is 965. The second-order valence-corrected chi connectivity index (χ2v) is 9.94. The molecule has 156 valence electrons. The molecule has 1 saturated carbocycles. The largest absolute Gasteiger partial charge is 0.334 e. The van der Waals surface area contributed by atoms with Crippen LogP contribution in [0, 0.1) is 10.8 Å². The molecule has 2 aromatic carbocycles. The Morgan fingerprint density at radius 2 is 1.60 bits per heavy atom. The van der Waals surface area contributed by atoms with Gasteiger partial charge in [-0.3, -0.25) is 9.59 Å². The molecule has 0 aromatic heterocycles. The Hall–Kier alpha value is -2.88. The van der Waals surface area contributed by atoms with Crippen LogP contribution in [0.1, 0.15) is 56.0 Å². The lowest BCUT2D eigenvalue weighted by molar-refractivity contribution is -0.128. The minimum absolute atomic E-state index is 0.0884. The van der Waals surface area contributed by atoms with E-state index >= 15 is 0 Å². The van der Waals surface area contributed by atoms with E-state index in [4.69, 9.17) is 0 Å². The topological polar surface area (TPSA) is 49.4 Å². The fraction of sp³-hybridized carbons (Fsp3) is 0.385. The lowest BCUT2D eigenvalue weighted by Gasteiger charge is -2.39. The zero-order valence-corrected chi connectivity index (χ0v) is 18.0. The van der Waals surface area contributed by atoms with Gasteiger partial charge in [0.2, 0.25) is 0 Å². The quantitative estimate of drug-likeness (QED) is 0.741. The van der Waals surface area contributed by atoms with E-state index in [1.54, 1.807) is 18.2 Å². The number of hydrogen-bond donors (Lipinski definition) is 1. The van der Waals surface area contributed by atoms with Gasteiger partial charge in [-0.25, -0.2) is 0 Å². The molecule has 0 spiro atoms. The van der Waals surface area contributed by atoms with E-state index in [0.717, 1.165) is 31.4 Å². The zero-order chi connectivity index (χ0) is 21.4. The molecule has 4 rings (SSSR count). The van der Waals surface area contributed by atoms with Crippen LogP contribution < -0.4 is 5.32 Å². The number of likely N-dealkylation sites (tertiary alicyclic amines) is 1. The van der Waals surface area contributed by atoms with Crippen LogP contribution in [0.2, 0.25) is 0 Å².